The highest BCUT2D eigenvalue weighted by Crippen LogP contribution is 2.26. The van der Waals surface area contributed by atoms with Crippen molar-refractivity contribution in [2.24, 2.45) is 11.8 Å². The first-order valence-electron chi connectivity index (χ1n) is 8.03. The van der Waals surface area contributed by atoms with E-state index in [1.54, 1.807) is 0 Å². The summed E-state index contributed by atoms with van der Waals surface area (Å²) in [6.07, 6.45) is 1.21. The van der Waals surface area contributed by atoms with Crippen molar-refractivity contribution in [1.29, 1.82) is 0 Å². The molecular formula is C18H31BrN2. The second kappa shape index (κ2) is 8.79. The third-order valence-electron chi connectivity index (χ3n) is 3.79. The normalized spacial score (nSPS) is 13.0. The first-order valence-corrected chi connectivity index (χ1v) is 8.82. The molecule has 3 heteroatoms. The minimum absolute atomic E-state index is 0.557. The maximum absolute atomic E-state index is 3.72. The third-order valence-corrected chi connectivity index (χ3v) is 4.52. The maximum Gasteiger partial charge on any atom is 0.0377 e. The number of nitrogens with one attached hydrogen (secondary N) is 1. The Balaban J connectivity index is 2.68. The number of benzene rings is 1. The Labute approximate surface area is 139 Å². The standard InChI is InChI=1S/C18H31BrN2/c1-13(2)9-15(5)21(6)17-8-7-16(18(19)10-17)12-20-11-14(3)4/h7-8,10,13-15,20H,9,11-12H2,1-6H3. The monoisotopic (exact) mass is 354 g/mol. The zero-order chi connectivity index (χ0) is 16.0. The number of halogens is 1. The summed E-state index contributed by atoms with van der Waals surface area (Å²) in [5, 5.41) is 3.50. The first-order chi connectivity index (χ1) is 9.81. The largest absolute Gasteiger partial charge is 0.372 e. The molecule has 0 fully saturated rings. The zero-order valence-corrected chi connectivity index (χ0v) is 16.0. The summed E-state index contributed by atoms with van der Waals surface area (Å²) in [5.41, 5.74) is 2.60. The maximum atomic E-state index is 3.72. The highest BCUT2D eigenvalue weighted by Gasteiger charge is 2.13. The van der Waals surface area contributed by atoms with E-state index in [0.29, 0.717) is 12.0 Å². The van der Waals surface area contributed by atoms with Crippen LogP contribution in [0.2, 0.25) is 0 Å². The van der Waals surface area contributed by atoms with Crippen molar-refractivity contribution in [1.82, 2.24) is 5.32 Å². The van der Waals surface area contributed by atoms with Gasteiger partial charge in [0.1, 0.15) is 0 Å². The fraction of sp³-hybridized carbons (Fsp3) is 0.667. The van der Waals surface area contributed by atoms with E-state index in [1.807, 2.05) is 0 Å². The number of hydrogen-bond acceptors (Lipinski definition) is 2. The van der Waals surface area contributed by atoms with E-state index in [9.17, 15) is 0 Å². The lowest BCUT2D eigenvalue weighted by Gasteiger charge is -2.29. The van der Waals surface area contributed by atoms with Crippen LogP contribution in [0.5, 0.6) is 0 Å². The summed E-state index contributed by atoms with van der Waals surface area (Å²) < 4.78 is 1.19. The van der Waals surface area contributed by atoms with Crippen molar-refractivity contribution in [2.45, 2.75) is 53.6 Å². The second-order valence-corrected chi connectivity index (χ2v) is 7.74. The average Bonchev–Trinajstić information content (AvgIpc) is 2.38. The summed E-state index contributed by atoms with van der Waals surface area (Å²) in [4.78, 5) is 2.37. The minimum Gasteiger partial charge on any atom is -0.372 e. The van der Waals surface area contributed by atoms with Crippen LogP contribution >= 0.6 is 15.9 Å². The van der Waals surface area contributed by atoms with E-state index < -0.39 is 0 Å². The van der Waals surface area contributed by atoms with E-state index in [1.165, 1.54) is 22.1 Å². The number of rotatable bonds is 8. The first kappa shape index (κ1) is 18.5. The molecule has 0 bridgehead atoms. The molecule has 1 N–H and O–H groups in total. The molecule has 0 aromatic heterocycles. The summed E-state index contributed by atoms with van der Waals surface area (Å²) in [5.74, 6) is 1.41. The van der Waals surface area contributed by atoms with Crippen molar-refractivity contribution in [2.75, 3.05) is 18.5 Å². The smallest absolute Gasteiger partial charge is 0.0377 e. The van der Waals surface area contributed by atoms with Crippen LogP contribution in [0, 0.1) is 11.8 Å². The van der Waals surface area contributed by atoms with Crippen LogP contribution in [0.15, 0.2) is 22.7 Å². The summed E-state index contributed by atoms with van der Waals surface area (Å²) in [6, 6.07) is 7.25. The van der Waals surface area contributed by atoms with Gasteiger partial charge in [0, 0.05) is 29.8 Å². The Hall–Kier alpha value is -0.540. The molecule has 1 atom stereocenters. The lowest BCUT2D eigenvalue weighted by Crippen LogP contribution is -2.30. The summed E-state index contributed by atoms with van der Waals surface area (Å²) in [6.45, 7) is 13.3. The molecule has 1 rings (SSSR count). The third kappa shape index (κ3) is 6.39. The fourth-order valence-corrected chi connectivity index (χ4v) is 3.00. The van der Waals surface area contributed by atoms with Crippen molar-refractivity contribution >= 4 is 21.6 Å². The molecule has 21 heavy (non-hydrogen) atoms. The molecule has 0 aliphatic rings. The van der Waals surface area contributed by atoms with Gasteiger partial charge in [0.15, 0.2) is 0 Å². The fourth-order valence-electron chi connectivity index (χ4n) is 2.49. The van der Waals surface area contributed by atoms with Crippen LogP contribution in [0.4, 0.5) is 5.69 Å². The molecule has 0 aliphatic heterocycles. The Morgan fingerprint density at radius 1 is 1.10 bits per heavy atom. The molecule has 2 nitrogen and oxygen atoms in total. The van der Waals surface area contributed by atoms with Crippen LogP contribution in [-0.4, -0.2) is 19.6 Å². The van der Waals surface area contributed by atoms with Gasteiger partial charge in [-0.05, 0) is 49.4 Å². The Morgan fingerprint density at radius 3 is 2.29 bits per heavy atom. The molecule has 120 valence electrons. The molecule has 0 heterocycles. The molecule has 0 saturated heterocycles. The van der Waals surface area contributed by atoms with Gasteiger partial charge in [0.25, 0.3) is 0 Å². The summed E-state index contributed by atoms with van der Waals surface area (Å²) in [7, 11) is 2.19. The van der Waals surface area contributed by atoms with Crippen LogP contribution in [0.25, 0.3) is 0 Å². The molecule has 0 amide bonds. The molecule has 0 radical (unpaired) electrons. The second-order valence-electron chi connectivity index (χ2n) is 6.89. The number of anilines is 1. The lowest BCUT2D eigenvalue weighted by atomic mass is 10.0. The van der Waals surface area contributed by atoms with Crippen LogP contribution in [-0.2, 0) is 6.54 Å². The molecule has 0 spiro atoms. The molecular weight excluding hydrogens is 324 g/mol. The van der Waals surface area contributed by atoms with Gasteiger partial charge in [-0.2, -0.15) is 0 Å². The van der Waals surface area contributed by atoms with Gasteiger partial charge in [0.2, 0.25) is 0 Å². The SMILES string of the molecule is CC(C)CNCc1ccc(N(C)C(C)CC(C)C)cc1Br. The highest BCUT2D eigenvalue weighted by atomic mass is 79.9. The van der Waals surface area contributed by atoms with Gasteiger partial charge < -0.3 is 10.2 Å². The predicted octanol–water partition coefficient (Wildman–Crippen LogP) is 5.07. The van der Waals surface area contributed by atoms with E-state index in [0.717, 1.165) is 19.0 Å². The Morgan fingerprint density at radius 2 is 1.76 bits per heavy atom. The number of nitrogens with zero attached hydrogens (tertiary/aromatic N) is 1. The number of hydrogen-bond donors (Lipinski definition) is 1. The van der Waals surface area contributed by atoms with Gasteiger partial charge in [-0.3, -0.25) is 0 Å². The van der Waals surface area contributed by atoms with E-state index in [4.69, 9.17) is 0 Å². The molecule has 1 unspecified atom stereocenters. The Bertz CT molecular complexity index is 429. The minimum atomic E-state index is 0.557. The van der Waals surface area contributed by atoms with Gasteiger partial charge in [-0.15, -0.1) is 0 Å². The highest BCUT2D eigenvalue weighted by molar-refractivity contribution is 9.10. The molecule has 0 saturated carbocycles. The predicted molar refractivity (Wildman–Crippen MR) is 98.0 cm³/mol. The lowest BCUT2D eigenvalue weighted by molar-refractivity contribution is 0.504. The summed E-state index contributed by atoms with van der Waals surface area (Å²) >= 11 is 3.72. The topological polar surface area (TPSA) is 15.3 Å². The van der Waals surface area contributed by atoms with Crippen LogP contribution in [0.3, 0.4) is 0 Å². The van der Waals surface area contributed by atoms with E-state index in [-0.39, 0.29) is 0 Å². The van der Waals surface area contributed by atoms with Gasteiger partial charge in [-0.1, -0.05) is 49.7 Å². The van der Waals surface area contributed by atoms with Crippen molar-refractivity contribution in [3.8, 4) is 0 Å². The molecule has 1 aromatic rings. The average molecular weight is 355 g/mol. The van der Waals surface area contributed by atoms with Gasteiger partial charge in [0.05, 0.1) is 0 Å². The van der Waals surface area contributed by atoms with Crippen molar-refractivity contribution < 1.29 is 0 Å². The Kier molecular flexibility index (Phi) is 7.75. The van der Waals surface area contributed by atoms with Crippen LogP contribution in [0.1, 0.15) is 46.6 Å². The van der Waals surface area contributed by atoms with Crippen LogP contribution < -0.4 is 10.2 Å². The van der Waals surface area contributed by atoms with E-state index >= 15 is 0 Å². The zero-order valence-electron chi connectivity index (χ0n) is 14.4. The molecule has 0 aliphatic carbocycles. The molecule has 1 aromatic carbocycles. The van der Waals surface area contributed by atoms with Crippen molar-refractivity contribution in [3.63, 3.8) is 0 Å². The van der Waals surface area contributed by atoms with Crippen molar-refractivity contribution in [3.05, 3.63) is 28.2 Å². The van der Waals surface area contributed by atoms with Gasteiger partial charge in [-0.25, -0.2) is 0 Å². The van der Waals surface area contributed by atoms with Gasteiger partial charge >= 0.3 is 0 Å². The van der Waals surface area contributed by atoms with E-state index in [2.05, 4.69) is 86.0 Å². The quantitative estimate of drug-likeness (QED) is 0.701.